The molecule has 6 nitrogen and oxygen atoms in total. The third kappa shape index (κ3) is 16.0. The van der Waals surface area contributed by atoms with E-state index in [4.69, 9.17) is 15.0 Å². The number of rotatable bonds is 1. The summed E-state index contributed by atoms with van der Waals surface area (Å²) in [5, 5.41) is 7.14. The van der Waals surface area contributed by atoms with Crippen molar-refractivity contribution in [3.8, 4) is 0 Å². The van der Waals surface area contributed by atoms with Gasteiger partial charge >= 0.3 is 7.82 Å². The number of phosphoric acid groups is 1. The second-order valence-corrected chi connectivity index (χ2v) is 1.72. The topological polar surface area (TPSA) is 115 Å². The molecular weight excluding hydrogens is 154 g/mol. The van der Waals surface area contributed by atoms with Crippen LogP contribution in [-0.2, 0) is 14.7 Å². The molecule has 0 bridgehead atoms. The fraction of sp³-hybridized carbons (Fsp3) is 0. The Morgan fingerprint density at radius 3 is 1.50 bits per heavy atom. The average molecular weight is 160 g/mol. The van der Waals surface area contributed by atoms with Gasteiger partial charge in [-0.2, -0.15) is 0 Å². The van der Waals surface area contributed by atoms with E-state index in [1.807, 2.05) is 0 Å². The van der Waals surface area contributed by atoms with Crippen LogP contribution in [0.15, 0.2) is 0 Å². The molecular formula is H6AlO6P. The smallest absolute Gasteiger partial charge is 0.301 e. The molecule has 0 unspecified atom stereocenters. The zero-order chi connectivity index (χ0) is 5.21. The SMILES string of the molecule is O=P(O)(O)OO.[AlH3].[O]. The first kappa shape index (κ1) is 15.8. The summed E-state index contributed by atoms with van der Waals surface area (Å²) >= 11 is 0. The van der Waals surface area contributed by atoms with E-state index >= 15 is 0 Å². The van der Waals surface area contributed by atoms with Gasteiger partial charge < -0.3 is 9.79 Å². The van der Waals surface area contributed by atoms with Gasteiger partial charge in [-0.3, -0.25) is 0 Å². The maximum atomic E-state index is 9.22. The minimum absolute atomic E-state index is 0. The molecule has 0 saturated carbocycles. The molecule has 0 atom stereocenters. The fourth-order valence-electron chi connectivity index (χ4n) is 0. The third-order valence-corrected chi connectivity index (χ3v) is 0.319. The van der Waals surface area contributed by atoms with Gasteiger partial charge in [0.2, 0.25) is 0 Å². The van der Waals surface area contributed by atoms with Crippen LogP contribution in [0.2, 0.25) is 0 Å². The van der Waals surface area contributed by atoms with Crippen molar-refractivity contribution in [1.82, 2.24) is 0 Å². The van der Waals surface area contributed by atoms with E-state index in [2.05, 4.69) is 4.67 Å². The standard InChI is InChI=1S/Al.H3O5P.O.3H/c;1-5-6(2,3)4;;;;/h;1H,(H2,2,3,4);;;;. The van der Waals surface area contributed by atoms with Crippen molar-refractivity contribution in [2.45, 2.75) is 0 Å². The molecule has 0 aromatic heterocycles. The Morgan fingerprint density at radius 1 is 1.38 bits per heavy atom. The third-order valence-electron chi connectivity index (χ3n) is 0.106. The van der Waals surface area contributed by atoms with E-state index in [0.29, 0.717) is 0 Å². The normalized spacial score (nSPS) is 8.88. The Labute approximate surface area is 55.7 Å². The molecule has 8 heteroatoms. The summed E-state index contributed by atoms with van der Waals surface area (Å²) in [6.45, 7) is 0. The lowest BCUT2D eigenvalue weighted by atomic mass is 15.0. The molecule has 0 heterocycles. The molecule has 0 aromatic carbocycles. The van der Waals surface area contributed by atoms with Gasteiger partial charge in [0.1, 0.15) is 0 Å². The summed E-state index contributed by atoms with van der Waals surface area (Å²) in [7, 11) is -4.59. The molecule has 0 aromatic rings. The first-order valence-corrected chi connectivity index (χ1v) is 2.48. The Hall–Kier alpha value is 0.562. The molecule has 50 valence electrons. The van der Waals surface area contributed by atoms with Crippen LogP contribution in [0, 0.1) is 0 Å². The van der Waals surface area contributed by atoms with Crippen LogP contribution < -0.4 is 0 Å². The minimum Gasteiger partial charge on any atom is -0.301 e. The molecule has 0 fully saturated rings. The molecule has 8 heavy (non-hydrogen) atoms. The zero-order valence-electron chi connectivity index (χ0n) is 3.01. The van der Waals surface area contributed by atoms with Gasteiger partial charge in [-0.05, 0) is 0 Å². The highest BCUT2D eigenvalue weighted by atomic mass is 31.2. The van der Waals surface area contributed by atoms with Crippen LogP contribution in [0.5, 0.6) is 0 Å². The molecule has 0 spiro atoms. The summed E-state index contributed by atoms with van der Waals surface area (Å²) in [6, 6.07) is 0. The van der Waals surface area contributed by atoms with Crippen molar-refractivity contribution in [3.63, 3.8) is 0 Å². The molecule has 0 amide bonds. The van der Waals surface area contributed by atoms with Gasteiger partial charge in [0.25, 0.3) is 0 Å². The van der Waals surface area contributed by atoms with Crippen LogP contribution in [-0.4, -0.2) is 32.4 Å². The minimum atomic E-state index is -4.59. The molecule has 3 N–H and O–H groups in total. The second-order valence-electron chi connectivity index (χ2n) is 0.572. The number of hydrogen-bond acceptors (Lipinski definition) is 3. The lowest BCUT2D eigenvalue weighted by Crippen LogP contribution is -1.77. The van der Waals surface area contributed by atoms with Crippen molar-refractivity contribution in [3.05, 3.63) is 0 Å². The van der Waals surface area contributed by atoms with Gasteiger partial charge in [0, 0.05) is 5.48 Å². The largest absolute Gasteiger partial charge is 0.496 e. The van der Waals surface area contributed by atoms with E-state index in [1.165, 1.54) is 0 Å². The monoisotopic (exact) mass is 160 g/mol. The highest BCUT2D eigenvalue weighted by Gasteiger charge is 2.10. The van der Waals surface area contributed by atoms with Crippen LogP contribution >= 0.6 is 7.82 Å². The maximum absolute atomic E-state index is 9.22. The molecule has 0 rings (SSSR count). The van der Waals surface area contributed by atoms with E-state index in [1.54, 1.807) is 0 Å². The predicted molar refractivity (Wildman–Crippen MR) is 26.4 cm³/mol. The van der Waals surface area contributed by atoms with Crippen molar-refractivity contribution in [2.24, 2.45) is 0 Å². The first-order valence-electron chi connectivity index (χ1n) is 0.948. The van der Waals surface area contributed by atoms with E-state index < -0.39 is 7.82 Å². The summed E-state index contributed by atoms with van der Waals surface area (Å²) in [4.78, 5) is 14.9. The van der Waals surface area contributed by atoms with Crippen LogP contribution in [0.3, 0.4) is 0 Å². The Balaban J connectivity index is -0.000000125. The van der Waals surface area contributed by atoms with Crippen molar-refractivity contribution < 1.29 is 29.8 Å². The Morgan fingerprint density at radius 2 is 1.50 bits per heavy atom. The Kier molecular flexibility index (Phi) is 11.3. The van der Waals surface area contributed by atoms with Crippen LogP contribution in [0.25, 0.3) is 0 Å². The van der Waals surface area contributed by atoms with E-state index in [-0.39, 0.29) is 22.8 Å². The molecule has 0 aliphatic heterocycles. The van der Waals surface area contributed by atoms with Crippen molar-refractivity contribution in [2.75, 3.05) is 0 Å². The van der Waals surface area contributed by atoms with Crippen LogP contribution in [0.1, 0.15) is 0 Å². The van der Waals surface area contributed by atoms with Gasteiger partial charge in [-0.1, -0.05) is 0 Å². The van der Waals surface area contributed by atoms with Gasteiger partial charge in [0.15, 0.2) is 17.4 Å². The molecule has 0 aliphatic carbocycles. The maximum Gasteiger partial charge on any atom is 0.496 e. The molecule has 0 saturated heterocycles. The fourth-order valence-corrected chi connectivity index (χ4v) is 0. The first-order chi connectivity index (χ1) is 2.56. The highest BCUT2D eigenvalue weighted by Crippen LogP contribution is 2.33. The summed E-state index contributed by atoms with van der Waals surface area (Å²) in [5.41, 5.74) is 0. The summed E-state index contributed by atoms with van der Waals surface area (Å²) in [6.07, 6.45) is 0. The van der Waals surface area contributed by atoms with E-state index in [9.17, 15) is 4.57 Å². The second kappa shape index (κ2) is 5.69. The van der Waals surface area contributed by atoms with Crippen molar-refractivity contribution >= 4 is 25.2 Å². The Bertz CT molecular complexity index is 72.6. The summed E-state index contributed by atoms with van der Waals surface area (Å²) < 4.78 is 11.8. The molecule has 2 radical (unpaired) electrons. The average Bonchev–Trinajstić information content (AvgIpc) is 1.35. The number of hydrogen-bond donors (Lipinski definition) is 3. The van der Waals surface area contributed by atoms with Gasteiger partial charge in [-0.25, -0.2) is 9.82 Å². The van der Waals surface area contributed by atoms with E-state index in [0.717, 1.165) is 0 Å². The quantitative estimate of drug-likeness (QED) is 0.182. The summed E-state index contributed by atoms with van der Waals surface area (Å²) in [5.74, 6) is 0. The highest BCUT2D eigenvalue weighted by molar-refractivity contribution is 7.46. The molecule has 0 aliphatic rings. The van der Waals surface area contributed by atoms with Crippen LogP contribution in [0.4, 0.5) is 0 Å². The van der Waals surface area contributed by atoms with Gasteiger partial charge in [0.05, 0.1) is 0 Å². The zero-order valence-corrected chi connectivity index (χ0v) is 3.91. The predicted octanol–water partition coefficient (Wildman–Crippen LogP) is -1.73. The lowest BCUT2D eigenvalue weighted by molar-refractivity contribution is -0.158. The lowest BCUT2D eigenvalue weighted by Gasteiger charge is -1.90. The van der Waals surface area contributed by atoms with Crippen molar-refractivity contribution in [1.29, 1.82) is 0 Å². The van der Waals surface area contributed by atoms with Gasteiger partial charge in [-0.15, -0.1) is 4.67 Å².